The van der Waals surface area contributed by atoms with E-state index in [1.807, 2.05) is 12.1 Å². The molecule has 4 nitrogen and oxygen atoms in total. The molecule has 0 fully saturated rings. The van der Waals surface area contributed by atoms with E-state index in [1.54, 1.807) is 6.20 Å². The quantitative estimate of drug-likeness (QED) is 0.633. The fraction of sp³-hybridized carbons (Fsp3) is 0.250. The molecular formula is C8H10ClN3O. The molecule has 0 saturated heterocycles. The highest BCUT2D eigenvalue weighted by molar-refractivity contribution is 5.96. The molecule has 1 unspecified atom stereocenters. The van der Waals surface area contributed by atoms with Crippen molar-refractivity contribution < 1.29 is 4.79 Å². The lowest BCUT2D eigenvalue weighted by molar-refractivity contribution is -0.117. The average molecular weight is 200 g/mol. The van der Waals surface area contributed by atoms with Gasteiger partial charge in [0.15, 0.2) is 0 Å². The monoisotopic (exact) mass is 199 g/mol. The number of amides is 1. The number of anilines is 1. The molecule has 0 spiro atoms. The Morgan fingerprint density at radius 3 is 3.15 bits per heavy atom. The lowest BCUT2D eigenvalue weighted by Crippen LogP contribution is -2.41. The highest BCUT2D eigenvalue weighted by Gasteiger charge is 2.22. The van der Waals surface area contributed by atoms with Crippen molar-refractivity contribution >= 4 is 24.1 Å². The summed E-state index contributed by atoms with van der Waals surface area (Å²) in [5, 5.41) is 2.63. The van der Waals surface area contributed by atoms with Crippen LogP contribution >= 0.6 is 12.4 Å². The van der Waals surface area contributed by atoms with Crippen molar-refractivity contribution in [3.8, 4) is 0 Å². The summed E-state index contributed by atoms with van der Waals surface area (Å²) >= 11 is 0. The van der Waals surface area contributed by atoms with Gasteiger partial charge in [-0.25, -0.2) is 4.98 Å². The molecule has 2 rings (SSSR count). The van der Waals surface area contributed by atoms with Crippen LogP contribution in [0.25, 0.3) is 0 Å². The molecule has 1 aromatic heterocycles. The van der Waals surface area contributed by atoms with Gasteiger partial charge in [0.1, 0.15) is 5.82 Å². The third-order valence-electron chi connectivity index (χ3n) is 1.91. The number of nitrogens with zero attached hydrogens (tertiary/aromatic N) is 1. The predicted molar refractivity (Wildman–Crippen MR) is 51.8 cm³/mol. The zero-order valence-corrected chi connectivity index (χ0v) is 7.67. The minimum Gasteiger partial charge on any atom is -0.320 e. The van der Waals surface area contributed by atoms with Crippen LogP contribution < -0.4 is 11.1 Å². The molecule has 0 radical (unpaired) electrons. The van der Waals surface area contributed by atoms with Crippen molar-refractivity contribution in [2.75, 3.05) is 5.32 Å². The van der Waals surface area contributed by atoms with Crippen molar-refractivity contribution in [2.24, 2.45) is 5.73 Å². The molecule has 3 N–H and O–H groups in total. The van der Waals surface area contributed by atoms with Gasteiger partial charge in [0, 0.05) is 12.6 Å². The number of carbonyl (C=O) groups is 1. The number of pyridine rings is 1. The molecule has 1 atom stereocenters. The van der Waals surface area contributed by atoms with Crippen LogP contribution in [0.4, 0.5) is 5.82 Å². The number of nitrogens with two attached hydrogens (primary N) is 1. The molecule has 2 heterocycles. The topological polar surface area (TPSA) is 68.0 Å². The lowest BCUT2D eigenvalue weighted by atomic mass is 10.0. The SMILES string of the molecule is Cl.NC1Cc2cccnc2NC1=O. The second kappa shape index (κ2) is 3.72. The standard InChI is InChI=1S/C8H9N3O.ClH/c9-6-4-5-2-1-3-10-7(5)11-8(6)12;/h1-3,6H,4,9H2,(H,10,11,12);1H. The van der Waals surface area contributed by atoms with E-state index in [4.69, 9.17) is 5.73 Å². The second-order valence-electron chi connectivity index (χ2n) is 2.81. The smallest absolute Gasteiger partial charge is 0.242 e. The van der Waals surface area contributed by atoms with Crippen LogP contribution in [0, 0.1) is 0 Å². The first-order valence-corrected chi connectivity index (χ1v) is 3.78. The van der Waals surface area contributed by atoms with E-state index in [0.29, 0.717) is 12.2 Å². The summed E-state index contributed by atoms with van der Waals surface area (Å²) in [5.41, 5.74) is 6.56. The van der Waals surface area contributed by atoms with Gasteiger partial charge in [0.2, 0.25) is 5.91 Å². The van der Waals surface area contributed by atoms with Gasteiger partial charge in [0.25, 0.3) is 0 Å². The van der Waals surface area contributed by atoms with Crippen molar-refractivity contribution in [1.29, 1.82) is 0 Å². The maximum absolute atomic E-state index is 11.1. The van der Waals surface area contributed by atoms with Gasteiger partial charge in [-0.3, -0.25) is 4.79 Å². The Morgan fingerprint density at radius 1 is 1.62 bits per heavy atom. The molecule has 0 bridgehead atoms. The highest BCUT2D eigenvalue weighted by Crippen LogP contribution is 2.17. The Kier molecular flexibility index (Phi) is 2.85. The molecule has 1 aliphatic rings. The van der Waals surface area contributed by atoms with Crippen LogP contribution in [-0.2, 0) is 11.2 Å². The van der Waals surface area contributed by atoms with E-state index in [1.165, 1.54) is 0 Å². The molecule has 1 amide bonds. The van der Waals surface area contributed by atoms with Crippen LogP contribution in [0.3, 0.4) is 0 Å². The third-order valence-corrected chi connectivity index (χ3v) is 1.91. The number of nitrogens with one attached hydrogen (secondary N) is 1. The van der Waals surface area contributed by atoms with Gasteiger partial charge < -0.3 is 11.1 Å². The Bertz CT molecular complexity index is 329. The van der Waals surface area contributed by atoms with E-state index < -0.39 is 6.04 Å². The Balaban J connectivity index is 0.000000845. The summed E-state index contributed by atoms with van der Waals surface area (Å²) in [6.07, 6.45) is 2.23. The first kappa shape index (κ1) is 9.95. The first-order valence-electron chi connectivity index (χ1n) is 3.78. The number of rotatable bonds is 0. The third kappa shape index (κ3) is 1.79. The van der Waals surface area contributed by atoms with Crippen LogP contribution in [0.15, 0.2) is 18.3 Å². The number of hydrogen-bond acceptors (Lipinski definition) is 3. The van der Waals surface area contributed by atoms with Gasteiger partial charge in [-0.1, -0.05) is 6.07 Å². The molecule has 1 aliphatic heterocycles. The molecule has 0 aromatic carbocycles. The minimum absolute atomic E-state index is 0. The highest BCUT2D eigenvalue weighted by atomic mass is 35.5. The van der Waals surface area contributed by atoms with Crippen molar-refractivity contribution in [3.05, 3.63) is 23.9 Å². The fourth-order valence-electron chi connectivity index (χ4n) is 1.25. The molecular weight excluding hydrogens is 190 g/mol. The van der Waals surface area contributed by atoms with Crippen LogP contribution in [0.2, 0.25) is 0 Å². The van der Waals surface area contributed by atoms with Crippen LogP contribution in [0.1, 0.15) is 5.56 Å². The lowest BCUT2D eigenvalue weighted by Gasteiger charge is -2.19. The maximum Gasteiger partial charge on any atom is 0.242 e. The fourth-order valence-corrected chi connectivity index (χ4v) is 1.25. The van der Waals surface area contributed by atoms with Crippen molar-refractivity contribution in [2.45, 2.75) is 12.5 Å². The van der Waals surface area contributed by atoms with Gasteiger partial charge in [-0.05, 0) is 11.6 Å². The molecule has 13 heavy (non-hydrogen) atoms. The largest absolute Gasteiger partial charge is 0.320 e. The molecule has 5 heteroatoms. The number of carbonyl (C=O) groups excluding carboxylic acids is 1. The van der Waals surface area contributed by atoms with E-state index in [2.05, 4.69) is 10.3 Å². The van der Waals surface area contributed by atoms with E-state index in [9.17, 15) is 4.79 Å². The molecule has 70 valence electrons. The Morgan fingerprint density at radius 2 is 2.38 bits per heavy atom. The number of hydrogen-bond donors (Lipinski definition) is 2. The second-order valence-corrected chi connectivity index (χ2v) is 2.81. The van der Waals surface area contributed by atoms with Crippen molar-refractivity contribution in [1.82, 2.24) is 4.98 Å². The normalized spacial score (nSPS) is 19.8. The maximum atomic E-state index is 11.1. The van der Waals surface area contributed by atoms with Crippen LogP contribution in [0.5, 0.6) is 0 Å². The summed E-state index contributed by atoms with van der Waals surface area (Å²) in [5.74, 6) is 0.491. The van der Waals surface area contributed by atoms with Gasteiger partial charge in [-0.2, -0.15) is 0 Å². The first-order chi connectivity index (χ1) is 5.77. The van der Waals surface area contributed by atoms with Gasteiger partial charge in [-0.15, -0.1) is 12.4 Å². The number of fused-ring (bicyclic) bond motifs is 1. The zero-order chi connectivity index (χ0) is 8.55. The zero-order valence-electron chi connectivity index (χ0n) is 6.86. The Hall–Kier alpha value is -1.13. The summed E-state index contributed by atoms with van der Waals surface area (Å²) in [7, 11) is 0. The van der Waals surface area contributed by atoms with E-state index in [0.717, 1.165) is 5.56 Å². The summed E-state index contributed by atoms with van der Waals surface area (Å²) in [4.78, 5) is 15.1. The van der Waals surface area contributed by atoms with Crippen molar-refractivity contribution in [3.63, 3.8) is 0 Å². The van der Waals surface area contributed by atoms with E-state index >= 15 is 0 Å². The predicted octanol–water partition coefficient (Wildman–Crippen LogP) is 0.325. The number of halogens is 1. The minimum atomic E-state index is -0.429. The molecule has 1 aromatic rings. The van der Waals surface area contributed by atoms with Crippen LogP contribution in [-0.4, -0.2) is 16.9 Å². The molecule has 0 aliphatic carbocycles. The Labute approximate surface area is 81.9 Å². The van der Waals surface area contributed by atoms with Gasteiger partial charge >= 0.3 is 0 Å². The average Bonchev–Trinajstić information content (AvgIpc) is 2.07. The van der Waals surface area contributed by atoms with Gasteiger partial charge in [0.05, 0.1) is 6.04 Å². The summed E-state index contributed by atoms with van der Waals surface area (Å²) < 4.78 is 0. The van der Waals surface area contributed by atoms with E-state index in [-0.39, 0.29) is 18.3 Å². The molecule has 0 saturated carbocycles. The summed E-state index contributed by atoms with van der Waals surface area (Å²) in [6.45, 7) is 0. The summed E-state index contributed by atoms with van der Waals surface area (Å²) in [6, 6.07) is 3.33. The number of aromatic nitrogens is 1.